The maximum absolute atomic E-state index is 11.9. The zero-order valence-corrected chi connectivity index (χ0v) is 16.2. The number of carboxylic acid groups (broad SMARTS) is 1. The number of aryl methyl sites for hydroxylation is 1. The molecule has 0 radical (unpaired) electrons. The van der Waals surface area contributed by atoms with Gasteiger partial charge in [0.1, 0.15) is 17.4 Å². The van der Waals surface area contributed by atoms with E-state index < -0.39 is 5.97 Å². The number of aromatic nitrogens is 1. The normalized spacial score (nSPS) is 11.2. The second kappa shape index (κ2) is 8.31. The van der Waals surface area contributed by atoms with Crippen molar-refractivity contribution in [3.8, 4) is 5.75 Å². The lowest BCUT2D eigenvalue weighted by Gasteiger charge is -2.19. The van der Waals surface area contributed by atoms with Gasteiger partial charge in [-0.05, 0) is 30.0 Å². The van der Waals surface area contributed by atoms with Crippen molar-refractivity contribution < 1.29 is 19.4 Å². The maximum Gasteiger partial charge on any atom is 0.226 e. The van der Waals surface area contributed by atoms with Crippen molar-refractivity contribution in [1.29, 1.82) is 0 Å². The molecule has 0 unspecified atom stereocenters. The van der Waals surface area contributed by atoms with Crippen molar-refractivity contribution in [1.82, 2.24) is 10.3 Å². The molecule has 0 saturated heterocycles. The number of rotatable bonds is 7. The second-order valence-electron chi connectivity index (χ2n) is 6.96. The van der Waals surface area contributed by atoms with Gasteiger partial charge < -0.3 is 20.0 Å². The van der Waals surface area contributed by atoms with Crippen LogP contribution in [-0.4, -0.2) is 30.0 Å². The van der Waals surface area contributed by atoms with Crippen LogP contribution in [0, 0.1) is 6.92 Å². The quantitative estimate of drug-likeness (QED) is 0.746. The Morgan fingerprint density at radius 1 is 1.23 bits per heavy atom. The number of carboxylic acids is 1. The summed E-state index contributed by atoms with van der Waals surface area (Å²) in [6.07, 6.45) is 0.0407. The lowest BCUT2D eigenvalue weighted by Crippen LogP contribution is -2.29. The van der Waals surface area contributed by atoms with E-state index in [1.807, 2.05) is 24.3 Å². The Balaban J connectivity index is 1.75. The summed E-state index contributed by atoms with van der Waals surface area (Å²) >= 11 is 0.970. The molecule has 0 aliphatic rings. The summed E-state index contributed by atoms with van der Waals surface area (Å²) in [7, 11) is 0. The molecule has 1 N–H and O–H groups in total. The number of nitrogens with one attached hydrogen (secondary N) is 1. The summed E-state index contributed by atoms with van der Waals surface area (Å²) in [5.41, 5.74) is 1.70. The summed E-state index contributed by atoms with van der Waals surface area (Å²) in [6, 6.07) is 7.91. The number of hydrogen-bond acceptors (Lipinski definition) is 6. The first-order chi connectivity index (χ1) is 12.2. The van der Waals surface area contributed by atoms with Crippen molar-refractivity contribution in [2.24, 2.45) is 0 Å². The van der Waals surface area contributed by atoms with Gasteiger partial charge in [0, 0.05) is 0 Å². The highest BCUT2D eigenvalue weighted by atomic mass is 32.1. The van der Waals surface area contributed by atoms with Gasteiger partial charge in [-0.1, -0.05) is 32.9 Å². The van der Waals surface area contributed by atoms with E-state index in [9.17, 15) is 14.7 Å². The van der Waals surface area contributed by atoms with Gasteiger partial charge in [-0.25, -0.2) is 4.98 Å². The van der Waals surface area contributed by atoms with Crippen LogP contribution in [0.1, 0.15) is 46.7 Å². The molecule has 0 fully saturated rings. The SMILES string of the molecule is Cc1nc(CC(=O)NCCOc2ccc(C(C)(C)C)cc2)sc1C(=O)[O-]. The Labute approximate surface area is 157 Å². The summed E-state index contributed by atoms with van der Waals surface area (Å²) in [6.45, 7) is 8.75. The largest absolute Gasteiger partial charge is 0.544 e. The molecule has 0 bridgehead atoms. The third-order valence-corrected chi connectivity index (χ3v) is 4.89. The minimum atomic E-state index is -1.27. The van der Waals surface area contributed by atoms with Gasteiger partial charge >= 0.3 is 0 Å². The molecule has 1 amide bonds. The first-order valence-corrected chi connectivity index (χ1v) is 9.16. The minimum Gasteiger partial charge on any atom is -0.544 e. The van der Waals surface area contributed by atoms with Crippen LogP contribution in [0.4, 0.5) is 0 Å². The van der Waals surface area contributed by atoms with Gasteiger partial charge in [0.05, 0.1) is 29.5 Å². The number of amides is 1. The second-order valence-corrected chi connectivity index (χ2v) is 8.04. The van der Waals surface area contributed by atoms with E-state index in [-0.39, 0.29) is 22.6 Å². The zero-order chi connectivity index (χ0) is 19.3. The molecule has 1 aromatic carbocycles. The molecular weight excluding hydrogens is 352 g/mol. The van der Waals surface area contributed by atoms with Crippen LogP contribution in [0.2, 0.25) is 0 Å². The van der Waals surface area contributed by atoms with Crippen molar-refractivity contribution in [2.45, 2.75) is 39.5 Å². The van der Waals surface area contributed by atoms with Crippen LogP contribution < -0.4 is 15.2 Å². The van der Waals surface area contributed by atoms with Crippen LogP contribution in [0.15, 0.2) is 24.3 Å². The number of benzene rings is 1. The number of nitrogens with zero attached hydrogens (tertiary/aromatic N) is 1. The van der Waals surface area contributed by atoms with Crippen LogP contribution >= 0.6 is 11.3 Å². The molecule has 0 atom stereocenters. The van der Waals surface area contributed by atoms with Gasteiger partial charge in [-0.3, -0.25) is 4.79 Å². The highest BCUT2D eigenvalue weighted by molar-refractivity contribution is 7.13. The number of carbonyl (C=O) groups is 2. The Hall–Kier alpha value is -2.41. The molecule has 0 aliphatic heterocycles. The lowest BCUT2D eigenvalue weighted by molar-refractivity contribution is -0.254. The fraction of sp³-hybridized carbons (Fsp3) is 0.421. The average molecular weight is 375 g/mol. The summed E-state index contributed by atoms with van der Waals surface area (Å²) in [5.74, 6) is -0.741. The van der Waals surface area contributed by atoms with Gasteiger partial charge in [0.15, 0.2) is 0 Å². The van der Waals surface area contributed by atoms with Gasteiger partial charge in [0.2, 0.25) is 5.91 Å². The molecular formula is C19H23N2O4S-. The first kappa shape index (κ1) is 19.9. The van der Waals surface area contributed by atoms with Gasteiger partial charge in [-0.15, -0.1) is 11.3 Å². The Morgan fingerprint density at radius 2 is 1.88 bits per heavy atom. The predicted octanol–water partition coefficient (Wildman–Crippen LogP) is 1.85. The lowest BCUT2D eigenvalue weighted by atomic mass is 9.87. The van der Waals surface area contributed by atoms with E-state index in [2.05, 4.69) is 31.1 Å². The average Bonchev–Trinajstić information content (AvgIpc) is 2.92. The number of hydrogen-bond donors (Lipinski definition) is 1. The summed E-state index contributed by atoms with van der Waals surface area (Å²) in [5, 5.41) is 14.1. The molecule has 2 rings (SSSR count). The molecule has 140 valence electrons. The molecule has 0 saturated carbocycles. The molecule has 1 aromatic heterocycles. The Kier molecular flexibility index (Phi) is 6.37. The van der Waals surface area contributed by atoms with Crippen molar-refractivity contribution >= 4 is 23.2 Å². The highest BCUT2D eigenvalue weighted by Gasteiger charge is 2.13. The molecule has 0 spiro atoms. The fourth-order valence-corrected chi connectivity index (χ4v) is 3.23. The van der Waals surface area contributed by atoms with E-state index >= 15 is 0 Å². The molecule has 2 aromatic rings. The predicted molar refractivity (Wildman–Crippen MR) is 98.5 cm³/mol. The highest BCUT2D eigenvalue weighted by Crippen LogP contribution is 2.24. The molecule has 7 heteroatoms. The number of ether oxygens (including phenoxy) is 1. The van der Waals surface area contributed by atoms with Crippen molar-refractivity contribution in [3.63, 3.8) is 0 Å². The molecule has 0 aliphatic carbocycles. The minimum absolute atomic E-state index is 0.0407. The smallest absolute Gasteiger partial charge is 0.226 e. The summed E-state index contributed by atoms with van der Waals surface area (Å²) < 4.78 is 5.62. The third-order valence-electron chi connectivity index (χ3n) is 3.75. The molecule has 26 heavy (non-hydrogen) atoms. The van der Waals surface area contributed by atoms with Crippen LogP contribution in [0.25, 0.3) is 0 Å². The van der Waals surface area contributed by atoms with E-state index in [1.54, 1.807) is 6.92 Å². The topological polar surface area (TPSA) is 91.3 Å². The zero-order valence-electron chi connectivity index (χ0n) is 15.4. The summed E-state index contributed by atoms with van der Waals surface area (Å²) in [4.78, 5) is 26.9. The van der Waals surface area contributed by atoms with E-state index in [0.29, 0.717) is 23.9 Å². The van der Waals surface area contributed by atoms with Crippen LogP contribution in [0.5, 0.6) is 5.75 Å². The van der Waals surface area contributed by atoms with E-state index in [4.69, 9.17) is 4.74 Å². The number of aromatic carboxylic acids is 1. The monoisotopic (exact) mass is 375 g/mol. The van der Waals surface area contributed by atoms with Crippen LogP contribution in [-0.2, 0) is 16.6 Å². The molecule has 1 heterocycles. The maximum atomic E-state index is 11.9. The van der Waals surface area contributed by atoms with Gasteiger partial charge in [0.25, 0.3) is 0 Å². The third kappa shape index (κ3) is 5.56. The van der Waals surface area contributed by atoms with Gasteiger partial charge in [-0.2, -0.15) is 0 Å². The molecule has 6 nitrogen and oxygen atoms in total. The fourth-order valence-electron chi connectivity index (χ4n) is 2.33. The Bertz CT molecular complexity index is 776. The van der Waals surface area contributed by atoms with Crippen molar-refractivity contribution in [2.75, 3.05) is 13.2 Å². The van der Waals surface area contributed by atoms with Crippen LogP contribution in [0.3, 0.4) is 0 Å². The Morgan fingerprint density at radius 3 is 2.42 bits per heavy atom. The first-order valence-electron chi connectivity index (χ1n) is 8.34. The van der Waals surface area contributed by atoms with Crippen molar-refractivity contribution in [3.05, 3.63) is 45.4 Å². The standard InChI is InChI=1S/C19H24N2O4S/c1-12-17(18(23)24)26-16(21-12)11-15(22)20-9-10-25-14-7-5-13(6-8-14)19(2,3)4/h5-8H,9-11H2,1-4H3,(H,20,22)(H,23,24)/p-1. The number of carbonyl (C=O) groups excluding carboxylic acids is 2. The van der Waals surface area contributed by atoms with E-state index in [1.165, 1.54) is 5.56 Å². The van der Waals surface area contributed by atoms with E-state index in [0.717, 1.165) is 17.1 Å². The number of thiazole rings is 1.